The van der Waals surface area contributed by atoms with Crippen molar-refractivity contribution in [3.63, 3.8) is 0 Å². The van der Waals surface area contributed by atoms with Crippen LogP contribution in [0.1, 0.15) is 5.56 Å². The molecule has 21 heavy (non-hydrogen) atoms. The Labute approximate surface area is 121 Å². The van der Waals surface area contributed by atoms with Crippen molar-refractivity contribution in [2.75, 3.05) is 7.11 Å². The van der Waals surface area contributed by atoms with Gasteiger partial charge in [-0.05, 0) is 18.2 Å². The molecule has 5 nitrogen and oxygen atoms in total. The van der Waals surface area contributed by atoms with Gasteiger partial charge in [-0.2, -0.15) is 0 Å². The largest absolute Gasteiger partial charge is 0.508 e. The third-order valence-corrected chi connectivity index (χ3v) is 2.69. The molecule has 2 N–H and O–H groups in total. The molecule has 0 bridgehead atoms. The van der Waals surface area contributed by atoms with Gasteiger partial charge in [-0.25, -0.2) is 4.79 Å². The van der Waals surface area contributed by atoms with Crippen LogP contribution in [0.3, 0.4) is 0 Å². The van der Waals surface area contributed by atoms with Crippen molar-refractivity contribution < 1.29 is 24.5 Å². The second-order valence-electron chi connectivity index (χ2n) is 4.17. The molecule has 0 spiro atoms. The lowest BCUT2D eigenvalue weighted by molar-refractivity contribution is -0.130. The van der Waals surface area contributed by atoms with Crippen LogP contribution in [-0.2, 0) is 9.53 Å². The van der Waals surface area contributed by atoms with E-state index >= 15 is 0 Å². The van der Waals surface area contributed by atoms with Crippen molar-refractivity contribution >= 4 is 11.5 Å². The molecular formula is C16H14O5. The lowest BCUT2D eigenvalue weighted by Gasteiger charge is -2.11. The zero-order valence-electron chi connectivity index (χ0n) is 11.3. The summed E-state index contributed by atoms with van der Waals surface area (Å²) in [5.41, 5.74) is 0.364. The van der Waals surface area contributed by atoms with E-state index in [2.05, 4.69) is 0 Å². The number of carbonyl (C=O) groups is 1. The average Bonchev–Trinajstić information content (AvgIpc) is 2.45. The molecule has 0 aliphatic rings. The van der Waals surface area contributed by atoms with Gasteiger partial charge in [-0.1, -0.05) is 24.3 Å². The van der Waals surface area contributed by atoms with Gasteiger partial charge in [0.05, 0.1) is 13.4 Å². The average molecular weight is 286 g/mol. The number of hydrogen-bond acceptors (Lipinski definition) is 4. The van der Waals surface area contributed by atoms with Crippen molar-refractivity contribution in [3.8, 4) is 17.2 Å². The van der Waals surface area contributed by atoms with Gasteiger partial charge < -0.3 is 19.7 Å². The number of aromatic hydroxyl groups is 1. The predicted molar refractivity (Wildman–Crippen MR) is 77.2 cm³/mol. The van der Waals surface area contributed by atoms with Crippen molar-refractivity contribution in [2.45, 2.75) is 0 Å². The summed E-state index contributed by atoms with van der Waals surface area (Å²) in [6.07, 6.45) is 1.15. The normalized spacial score (nSPS) is 11.0. The molecule has 0 saturated carbocycles. The van der Waals surface area contributed by atoms with Gasteiger partial charge >= 0.3 is 5.97 Å². The Morgan fingerprint density at radius 2 is 1.90 bits per heavy atom. The van der Waals surface area contributed by atoms with Gasteiger partial charge in [0.1, 0.15) is 22.8 Å². The molecule has 2 rings (SSSR count). The van der Waals surface area contributed by atoms with E-state index in [0.29, 0.717) is 17.1 Å². The fourth-order valence-electron chi connectivity index (χ4n) is 1.80. The number of carboxylic acids is 1. The summed E-state index contributed by atoms with van der Waals surface area (Å²) in [6.45, 7) is 0. The predicted octanol–water partition coefficient (Wildman–Crippen LogP) is 3.26. The van der Waals surface area contributed by atoms with Gasteiger partial charge in [-0.15, -0.1) is 0 Å². The monoisotopic (exact) mass is 286 g/mol. The zero-order valence-corrected chi connectivity index (χ0v) is 11.3. The first-order valence-electron chi connectivity index (χ1n) is 6.14. The number of carboxylic acid groups (broad SMARTS) is 1. The minimum absolute atomic E-state index is 0.0201. The molecule has 0 atom stereocenters. The molecule has 0 radical (unpaired) electrons. The van der Waals surface area contributed by atoms with Gasteiger partial charge in [0.15, 0.2) is 0 Å². The fraction of sp³-hybridized carbons (Fsp3) is 0.0625. The molecule has 0 aliphatic carbocycles. The third-order valence-electron chi connectivity index (χ3n) is 2.69. The highest BCUT2D eigenvalue weighted by Gasteiger charge is 2.16. The van der Waals surface area contributed by atoms with Crippen LogP contribution in [0.4, 0.5) is 0 Å². The highest BCUT2D eigenvalue weighted by molar-refractivity contribution is 6.15. The van der Waals surface area contributed by atoms with E-state index in [-0.39, 0.29) is 11.3 Å². The maximum Gasteiger partial charge on any atom is 0.339 e. The number of para-hydroxylation sites is 1. The van der Waals surface area contributed by atoms with Gasteiger partial charge in [0.2, 0.25) is 0 Å². The highest BCUT2D eigenvalue weighted by Crippen LogP contribution is 2.31. The van der Waals surface area contributed by atoms with Crippen LogP contribution in [0.15, 0.2) is 54.8 Å². The number of phenolic OH excluding ortho intramolecular Hbond substituents is 1. The first kappa shape index (κ1) is 14.5. The molecule has 2 aromatic carbocycles. The van der Waals surface area contributed by atoms with E-state index < -0.39 is 5.97 Å². The van der Waals surface area contributed by atoms with Crippen LogP contribution in [-0.4, -0.2) is 23.3 Å². The van der Waals surface area contributed by atoms with E-state index in [0.717, 1.165) is 6.26 Å². The second kappa shape index (κ2) is 6.47. The minimum Gasteiger partial charge on any atom is -0.508 e. The van der Waals surface area contributed by atoms with Crippen molar-refractivity contribution in [1.82, 2.24) is 0 Å². The molecule has 0 heterocycles. The summed E-state index contributed by atoms with van der Waals surface area (Å²) in [7, 11) is 1.38. The lowest BCUT2D eigenvalue weighted by atomic mass is 10.1. The van der Waals surface area contributed by atoms with E-state index in [1.165, 1.54) is 19.2 Å². The standard InChI is InChI=1S/C16H14O5/c1-20-10-14(16(18)19)13-7-2-3-8-15(13)21-12-6-4-5-11(17)9-12/h2-10,17H,1H3,(H,18,19). The molecule has 108 valence electrons. The summed E-state index contributed by atoms with van der Waals surface area (Å²) >= 11 is 0. The summed E-state index contributed by atoms with van der Waals surface area (Å²) in [6, 6.07) is 13.0. The Balaban J connectivity index is 2.41. The van der Waals surface area contributed by atoms with E-state index in [4.69, 9.17) is 9.47 Å². The number of benzene rings is 2. The first-order valence-corrected chi connectivity index (χ1v) is 6.14. The van der Waals surface area contributed by atoms with Gasteiger partial charge in [-0.3, -0.25) is 0 Å². The van der Waals surface area contributed by atoms with E-state index in [9.17, 15) is 15.0 Å². The minimum atomic E-state index is -1.12. The highest BCUT2D eigenvalue weighted by atomic mass is 16.5. The van der Waals surface area contributed by atoms with Crippen molar-refractivity contribution in [3.05, 3.63) is 60.4 Å². The van der Waals surface area contributed by atoms with Crippen LogP contribution in [0.25, 0.3) is 5.57 Å². The third kappa shape index (κ3) is 3.54. The number of methoxy groups -OCH3 is 1. The molecular weight excluding hydrogens is 272 g/mol. The molecule has 5 heteroatoms. The van der Waals surface area contributed by atoms with E-state index in [1.54, 1.807) is 36.4 Å². The zero-order chi connectivity index (χ0) is 15.2. The van der Waals surface area contributed by atoms with Gasteiger partial charge in [0, 0.05) is 11.6 Å². The molecule has 2 aromatic rings. The maximum atomic E-state index is 11.3. The van der Waals surface area contributed by atoms with Crippen LogP contribution in [0.2, 0.25) is 0 Å². The van der Waals surface area contributed by atoms with E-state index in [1.807, 2.05) is 0 Å². The smallest absolute Gasteiger partial charge is 0.339 e. The lowest BCUT2D eigenvalue weighted by Crippen LogP contribution is -2.02. The number of aliphatic carboxylic acids is 1. The Morgan fingerprint density at radius 1 is 1.14 bits per heavy atom. The Hall–Kier alpha value is -2.95. The Morgan fingerprint density at radius 3 is 2.57 bits per heavy atom. The summed E-state index contributed by atoms with van der Waals surface area (Å²) in [4.78, 5) is 11.3. The fourth-order valence-corrected chi connectivity index (χ4v) is 1.80. The molecule has 0 saturated heterocycles. The summed E-state index contributed by atoms with van der Waals surface area (Å²) in [5, 5.41) is 18.7. The molecule has 0 aromatic heterocycles. The molecule has 0 fully saturated rings. The maximum absolute atomic E-state index is 11.3. The number of hydrogen-bond donors (Lipinski definition) is 2. The van der Waals surface area contributed by atoms with Crippen molar-refractivity contribution in [2.24, 2.45) is 0 Å². The van der Waals surface area contributed by atoms with Crippen LogP contribution < -0.4 is 4.74 Å². The second-order valence-corrected chi connectivity index (χ2v) is 4.17. The number of ether oxygens (including phenoxy) is 2. The Bertz CT molecular complexity index is 676. The van der Waals surface area contributed by atoms with Crippen LogP contribution >= 0.6 is 0 Å². The molecule has 0 unspecified atom stereocenters. The van der Waals surface area contributed by atoms with Crippen molar-refractivity contribution in [1.29, 1.82) is 0 Å². The first-order chi connectivity index (χ1) is 10.1. The Kier molecular flexibility index (Phi) is 4.46. The summed E-state index contributed by atoms with van der Waals surface area (Å²) in [5.74, 6) is -0.293. The SMILES string of the molecule is COC=C(C(=O)O)c1ccccc1Oc1cccc(O)c1. The number of phenols is 1. The summed E-state index contributed by atoms with van der Waals surface area (Å²) < 4.78 is 10.5. The number of rotatable bonds is 5. The topological polar surface area (TPSA) is 76.0 Å². The molecule has 0 aliphatic heterocycles. The van der Waals surface area contributed by atoms with Crippen LogP contribution in [0, 0.1) is 0 Å². The van der Waals surface area contributed by atoms with Gasteiger partial charge in [0.25, 0.3) is 0 Å². The molecule has 0 amide bonds. The quantitative estimate of drug-likeness (QED) is 0.651. The van der Waals surface area contributed by atoms with Crippen LogP contribution in [0.5, 0.6) is 17.2 Å².